The van der Waals surface area contributed by atoms with E-state index in [4.69, 9.17) is 32.7 Å². The summed E-state index contributed by atoms with van der Waals surface area (Å²) in [6.45, 7) is 2.12. The molecule has 0 fully saturated rings. The average Bonchev–Trinajstić information content (AvgIpc) is 2.97. The summed E-state index contributed by atoms with van der Waals surface area (Å²) in [4.78, 5) is 30.1. The van der Waals surface area contributed by atoms with Crippen molar-refractivity contribution in [2.24, 2.45) is 0 Å². The highest BCUT2D eigenvalue weighted by molar-refractivity contribution is 6.42. The first-order chi connectivity index (χ1) is 14.4. The van der Waals surface area contributed by atoms with E-state index in [9.17, 15) is 9.59 Å². The van der Waals surface area contributed by atoms with Crippen LogP contribution in [-0.4, -0.2) is 34.8 Å². The van der Waals surface area contributed by atoms with E-state index in [0.29, 0.717) is 38.6 Å². The fraction of sp³-hybridized carbons (Fsp3) is 0.136. The molecule has 2 aromatic carbocycles. The van der Waals surface area contributed by atoms with Crippen molar-refractivity contribution in [3.05, 3.63) is 81.5 Å². The smallest absolute Gasteiger partial charge is 0.261 e. The maximum atomic E-state index is 12.4. The molecule has 0 saturated heterocycles. The van der Waals surface area contributed by atoms with Crippen LogP contribution in [0.3, 0.4) is 0 Å². The van der Waals surface area contributed by atoms with Crippen LogP contribution < -0.4 is 9.47 Å². The summed E-state index contributed by atoms with van der Waals surface area (Å²) in [7, 11) is 0. The number of imide groups is 1. The van der Waals surface area contributed by atoms with Crippen LogP contribution in [0, 0.1) is 6.92 Å². The van der Waals surface area contributed by atoms with Crippen LogP contribution in [0.4, 0.5) is 0 Å². The normalized spacial score (nSPS) is 12.8. The number of aryl methyl sites for hydroxylation is 1. The lowest BCUT2D eigenvalue weighted by atomic mass is 10.1. The Bertz CT molecular complexity index is 1110. The van der Waals surface area contributed by atoms with Crippen molar-refractivity contribution < 1.29 is 19.1 Å². The largest absolute Gasteiger partial charge is 0.491 e. The summed E-state index contributed by atoms with van der Waals surface area (Å²) in [6.07, 6.45) is 1.54. The highest BCUT2D eigenvalue weighted by Crippen LogP contribution is 2.33. The molecule has 152 valence electrons. The zero-order valence-electron chi connectivity index (χ0n) is 15.9. The predicted molar refractivity (Wildman–Crippen MR) is 113 cm³/mol. The van der Waals surface area contributed by atoms with Gasteiger partial charge in [0.1, 0.15) is 18.1 Å². The lowest BCUT2D eigenvalue weighted by Gasteiger charge is -2.15. The van der Waals surface area contributed by atoms with E-state index >= 15 is 0 Å². The van der Waals surface area contributed by atoms with Crippen LogP contribution in [0.15, 0.2) is 54.7 Å². The molecule has 0 unspecified atom stereocenters. The highest BCUT2D eigenvalue weighted by atomic mass is 35.5. The second kappa shape index (κ2) is 8.34. The summed E-state index contributed by atoms with van der Waals surface area (Å²) in [5.41, 5.74) is 1.64. The molecule has 8 heteroatoms. The second-order valence-corrected chi connectivity index (χ2v) is 7.43. The second-order valence-electron chi connectivity index (χ2n) is 6.62. The highest BCUT2D eigenvalue weighted by Gasteiger charge is 2.34. The number of fused-ring (bicyclic) bond motifs is 1. The molecule has 3 aromatic rings. The van der Waals surface area contributed by atoms with Crippen molar-refractivity contribution in [3.63, 3.8) is 0 Å². The Balaban J connectivity index is 1.39. The molecule has 2 amide bonds. The van der Waals surface area contributed by atoms with Gasteiger partial charge >= 0.3 is 0 Å². The topological polar surface area (TPSA) is 68.7 Å². The lowest BCUT2D eigenvalue weighted by Crippen LogP contribution is -2.33. The van der Waals surface area contributed by atoms with Gasteiger partial charge in [0.15, 0.2) is 0 Å². The van der Waals surface area contributed by atoms with Crippen molar-refractivity contribution in [1.82, 2.24) is 9.88 Å². The van der Waals surface area contributed by atoms with Crippen molar-refractivity contribution >= 4 is 35.0 Å². The van der Waals surface area contributed by atoms with E-state index in [1.807, 2.05) is 6.92 Å². The fourth-order valence-corrected chi connectivity index (χ4v) is 3.46. The third kappa shape index (κ3) is 3.97. The molecule has 0 saturated carbocycles. The number of carbonyl (C=O) groups is 2. The molecule has 4 rings (SSSR count). The molecule has 1 aliphatic rings. The van der Waals surface area contributed by atoms with Crippen LogP contribution >= 0.6 is 23.2 Å². The molecule has 0 spiro atoms. The number of benzene rings is 2. The fourth-order valence-electron chi connectivity index (χ4n) is 3.08. The van der Waals surface area contributed by atoms with E-state index in [1.165, 1.54) is 4.90 Å². The molecule has 0 radical (unpaired) electrons. The number of ether oxygens (including phenoxy) is 2. The molecular formula is C22H16Cl2N2O4. The summed E-state index contributed by atoms with van der Waals surface area (Å²) < 4.78 is 11.5. The molecule has 0 bridgehead atoms. The Morgan fingerprint density at radius 3 is 2.33 bits per heavy atom. The minimum Gasteiger partial charge on any atom is -0.491 e. The van der Waals surface area contributed by atoms with Crippen molar-refractivity contribution in [1.29, 1.82) is 0 Å². The number of amides is 2. The first kappa shape index (κ1) is 20.2. The van der Waals surface area contributed by atoms with Gasteiger partial charge in [0.2, 0.25) is 5.88 Å². The first-order valence-corrected chi connectivity index (χ1v) is 9.87. The zero-order valence-corrected chi connectivity index (χ0v) is 17.4. The standard InChI is InChI=1S/C22H16Cl2N2O4/c1-13-10-17(23)18(24)12-19(13)30-20-11-14(6-7-25-20)29-9-8-26-21(27)15-4-2-3-5-16(15)22(26)28/h2-7,10-12H,8-9H2,1H3. The van der Waals surface area contributed by atoms with Crippen LogP contribution in [0.25, 0.3) is 0 Å². The van der Waals surface area contributed by atoms with E-state index < -0.39 is 0 Å². The molecule has 1 aromatic heterocycles. The number of rotatable bonds is 6. The maximum absolute atomic E-state index is 12.4. The molecule has 1 aliphatic heterocycles. The Morgan fingerprint density at radius 1 is 0.967 bits per heavy atom. The van der Waals surface area contributed by atoms with Gasteiger partial charge in [0.05, 0.1) is 27.7 Å². The van der Waals surface area contributed by atoms with E-state index in [1.54, 1.807) is 54.7 Å². The number of pyridine rings is 1. The Morgan fingerprint density at radius 2 is 1.63 bits per heavy atom. The quantitative estimate of drug-likeness (QED) is 0.492. The number of aromatic nitrogens is 1. The van der Waals surface area contributed by atoms with Gasteiger partial charge in [-0.3, -0.25) is 14.5 Å². The minimum absolute atomic E-state index is 0.136. The van der Waals surface area contributed by atoms with Gasteiger partial charge in [0.25, 0.3) is 11.8 Å². The minimum atomic E-state index is -0.312. The molecule has 0 atom stereocenters. The van der Waals surface area contributed by atoms with Crippen LogP contribution in [0.5, 0.6) is 17.4 Å². The number of halogens is 2. The van der Waals surface area contributed by atoms with E-state index in [-0.39, 0.29) is 25.0 Å². The Hall–Kier alpha value is -3.09. The lowest BCUT2D eigenvalue weighted by molar-refractivity contribution is 0.0631. The van der Waals surface area contributed by atoms with Crippen LogP contribution in [0.1, 0.15) is 26.3 Å². The average molecular weight is 443 g/mol. The van der Waals surface area contributed by atoms with Gasteiger partial charge in [-0.05, 0) is 36.8 Å². The van der Waals surface area contributed by atoms with E-state index in [2.05, 4.69) is 4.98 Å². The zero-order chi connectivity index (χ0) is 21.3. The molecule has 30 heavy (non-hydrogen) atoms. The predicted octanol–water partition coefficient (Wildman–Crippen LogP) is 5.16. The molecular weight excluding hydrogens is 427 g/mol. The van der Waals surface area contributed by atoms with Crippen molar-refractivity contribution in [3.8, 4) is 17.4 Å². The number of nitrogens with zero attached hydrogens (tertiary/aromatic N) is 2. The molecule has 0 N–H and O–H groups in total. The number of hydrogen-bond donors (Lipinski definition) is 0. The Kier molecular flexibility index (Phi) is 5.61. The molecule has 0 aliphatic carbocycles. The van der Waals surface area contributed by atoms with Crippen LogP contribution in [0.2, 0.25) is 10.0 Å². The van der Waals surface area contributed by atoms with Gasteiger partial charge in [-0.1, -0.05) is 35.3 Å². The summed E-state index contributed by atoms with van der Waals surface area (Å²) in [5, 5.41) is 0.824. The summed E-state index contributed by atoms with van der Waals surface area (Å²) in [6, 6.07) is 13.4. The third-order valence-corrected chi connectivity index (χ3v) is 5.32. The number of carbonyl (C=O) groups excluding carboxylic acids is 2. The van der Waals surface area contributed by atoms with Crippen molar-refractivity contribution in [2.45, 2.75) is 6.92 Å². The third-order valence-electron chi connectivity index (χ3n) is 4.60. The number of hydrogen-bond acceptors (Lipinski definition) is 5. The van der Waals surface area contributed by atoms with Gasteiger partial charge < -0.3 is 9.47 Å². The summed E-state index contributed by atoms with van der Waals surface area (Å²) in [5.74, 6) is 0.713. The van der Waals surface area contributed by atoms with Crippen molar-refractivity contribution in [2.75, 3.05) is 13.2 Å². The van der Waals surface area contributed by atoms with Gasteiger partial charge in [-0.2, -0.15) is 0 Å². The van der Waals surface area contributed by atoms with Gasteiger partial charge in [-0.15, -0.1) is 0 Å². The monoisotopic (exact) mass is 442 g/mol. The summed E-state index contributed by atoms with van der Waals surface area (Å²) >= 11 is 12.1. The van der Waals surface area contributed by atoms with E-state index in [0.717, 1.165) is 5.56 Å². The SMILES string of the molecule is Cc1cc(Cl)c(Cl)cc1Oc1cc(OCCN2C(=O)c3ccccc3C2=O)ccn1. The molecule has 6 nitrogen and oxygen atoms in total. The van der Waals surface area contributed by atoms with Gasteiger partial charge in [0, 0.05) is 18.3 Å². The molecule has 2 heterocycles. The van der Waals surface area contributed by atoms with Gasteiger partial charge in [-0.25, -0.2) is 4.98 Å². The first-order valence-electron chi connectivity index (χ1n) is 9.11. The maximum Gasteiger partial charge on any atom is 0.261 e. The Labute approximate surface area is 183 Å². The van der Waals surface area contributed by atoms with Crippen LogP contribution in [-0.2, 0) is 0 Å².